The Kier molecular flexibility index (Phi) is 5.24. The molecular formula is C21H22N6O2. The Bertz CT molecular complexity index is 1180. The Morgan fingerprint density at radius 1 is 1.03 bits per heavy atom. The fourth-order valence-corrected chi connectivity index (χ4v) is 3.04. The van der Waals surface area contributed by atoms with Crippen molar-refractivity contribution >= 4 is 34.2 Å². The first-order chi connectivity index (χ1) is 14.2. The van der Waals surface area contributed by atoms with Crippen molar-refractivity contribution in [3.05, 3.63) is 47.5 Å². The number of ether oxygens (including phenoxy) is 2. The van der Waals surface area contributed by atoms with Gasteiger partial charge in [-0.25, -0.2) is 5.43 Å². The maximum absolute atomic E-state index is 5.63. The highest BCUT2D eigenvalue weighted by Gasteiger charge is 2.09. The monoisotopic (exact) mass is 390 g/mol. The molecule has 4 aromatic rings. The van der Waals surface area contributed by atoms with Crippen LogP contribution in [-0.4, -0.2) is 39.6 Å². The van der Waals surface area contributed by atoms with Gasteiger partial charge < -0.3 is 14.5 Å². The van der Waals surface area contributed by atoms with Crippen LogP contribution in [0.2, 0.25) is 0 Å². The standard InChI is InChI=1S/C21H22N6O2/c1-4-28-17-9-7-14(11-18(17)29-5-2)12-22-26-21-24-20-19(25-27-21)15-10-13(3)6-8-16(15)23-20/h6-12H,4-5H2,1-3H3,(H2,23,24,26,27)/b22-12+. The van der Waals surface area contributed by atoms with Gasteiger partial charge in [-0.1, -0.05) is 11.6 Å². The van der Waals surface area contributed by atoms with Gasteiger partial charge >= 0.3 is 0 Å². The summed E-state index contributed by atoms with van der Waals surface area (Å²) in [6, 6.07) is 11.8. The third kappa shape index (κ3) is 3.96. The second kappa shape index (κ2) is 8.14. The summed E-state index contributed by atoms with van der Waals surface area (Å²) in [5.41, 5.74) is 7.23. The van der Waals surface area contributed by atoms with Gasteiger partial charge in [0.1, 0.15) is 5.52 Å². The van der Waals surface area contributed by atoms with Crippen molar-refractivity contribution in [2.24, 2.45) is 5.10 Å². The van der Waals surface area contributed by atoms with Crippen LogP contribution in [-0.2, 0) is 0 Å². The normalized spacial score (nSPS) is 11.4. The number of anilines is 1. The molecule has 0 bridgehead atoms. The van der Waals surface area contributed by atoms with E-state index in [1.807, 2.05) is 51.1 Å². The highest BCUT2D eigenvalue weighted by Crippen LogP contribution is 2.28. The number of benzene rings is 2. The molecule has 0 radical (unpaired) electrons. The zero-order valence-corrected chi connectivity index (χ0v) is 16.6. The van der Waals surface area contributed by atoms with Crippen LogP contribution in [0.4, 0.5) is 5.95 Å². The van der Waals surface area contributed by atoms with E-state index in [1.165, 1.54) is 0 Å². The van der Waals surface area contributed by atoms with Gasteiger partial charge in [-0.2, -0.15) is 10.1 Å². The summed E-state index contributed by atoms with van der Waals surface area (Å²) in [7, 11) is 0. The number of aromatic amines is 1. The summed E-state index contributed by atoms with van der Waals surface area (Å²) >= 11 is 0. The molecule has 8 nitrogen and oxygen atoms in total. The fraction of sp³-hybridized carbons (Fsp3) is 0.238. The first-order valence-electron chi connectivity index (χ1n) is 9.49. The van der Waals surface area contributed by atoms with Crippen LogP contribution in [0.3, 0.4) is 0 Å². The predicted molar refractivity (Wildman–Crippen MR) is 114 cm³/mol. The lowest BCUT2D eigenvalue weighted by Gasteiger charge is -2.11. The van der Waals surface area contributed by atoms with Gasteiger partial charge in [0.2, 0.25) is 0 Å². The Labute approximate surface area is 168 Å². The molecule has 0 spiro atoms. The fourth-order valence-electron chi connectivity index (χ4n) is 3.04. The maximum Gasteiger partial charge on any atom is 0.265 e. The number of hydrazone groups is 1. The first kappa shape index (κ1) is 18.7. The van der Waals surface area contributed by atoms with Gasteiger partial charge in [0.25, 0.3) is 5.95 Å². The van der Waals surface area contributed by atoms with E-state index in [9.17, 15) is 0 Å². The van der Waals surface area contributed by atoms with Gasteiger partial charge in [-0.3, -0.25) is 0 Å². The molecule has 2 N–H and O–H groups in total. The van der Waals surface area contributed by atoms with E-state index in [0.717, 1.165) is 27.5 Å². The number of nitrogens with one attached hydrogen (secondary N) is 2. The molecule has 0 amide bonds. The number of hydrogen-bond acceptors (Lipinski definition) is 7. The molecule has 0 fully saturated rings. The van der Waals surface area contributed by atoms with E-state index < -0.39 is 0 Å². The summed E-state index contributed by atoms with van der Waals surface area (Å²) in [5, 5.41) is 13.6. The summed E-state index contributed by atoms with van der Waals surface area (Å²) in [4.78, 5) is 7.72. The van der Waals surface area contributed by atoms with Crippen molar-refractivity contribution in [2.45, 2.75) is 20.8 Å². The lowest BCUT2D eigenvalue weighted by atomic mass is 10.2. The third-order valence-electron chi connectivity index (χ3n) is 4.32. The summed E-state index contributed by atoms with van der Waals surface area (Å²) in [5.74, 6) is 1.71. The highest BCUT2D eigenvalue weighted by atomic mass is 16.5. The second-order valence-electron chi connectivity index (χ2n) is 6.45. The smallest absolute Gasteiger partial charge is 0.265 e. The van der Waals surface area contributed by atoms with E-state index in [4.69, 9.17) is 9.47 Å². The first-order valence-corrected chi connectivity index (χ1v) is 9.49. The Morgan fingerprint density at radius 2 is 1.86 bits per heavy atom. The summed E-state index contributed by atoms with van der Waals surface area (Å²) in [6.07, 6.45) is 1.67. The molecule has 2 aromatic carbocycles. The van der Waals surface area contributed by atoms with Gasteiger partial charge in [-0.05, 0) is 56.7 Å². The molecule has 2 aromatic heterocycles. The summed E-state index contributed by atoms with van der Waals surface area (Å²) < 4.78 is 11.2. The quantitative estimate of drug-likeness (QED) is 0.365. The predicted octanol–water partition coefficient (Wildman–Crippen LogP) is 4.06. The van der Waals surface area contributed by atoms with Crippen molar-refractivity contribution < 1.29 is 9.47 Å². The molecule has 2 heterocycles. The average Bonchev–Trinajstić information content (AvgIpc) is 3.07. The highest BCUT2D eigenvalue weighted by molar-refractivity contribution is 6.03. The Morgan fingerprint density at radius 3 is 2.69 bits per heavy atom. The van der Waals surface area contributed by atoms with Crippen LogP contribution in [0.5, 0.6) is 11.5 Å². The number of aryl methyl sites for hydroxylation is 1. The molecule has 4 rings (SSSR count). The van der Waals surface area contributed by atoms with Gasteiger partial charge in [0, 0.05) is 10.9 Å². The molecule has 0 saturated heterocycles. The van der Waals surface area contributed by atoms with E-state index in [-0.39, 0.29) is 0 Å². The summed E-state index contributed by atoms with van der Waals surface area (Å²) in [6.45, 7) is 7.05. The number of aromatic nitrogens is 4. The molecule has 0 unspecified atom stereocenters. The van der Waals surface area contributed by atoms with Gasteiger partial charge in [0.05, 0.1) is 19.4 Å². The number of fused-ring (bicyclic) bond motifs is 3. The van der Waals surface area contributed by atoms with Crippen LogP contribution < -0.4 is 14.9 Å². The Hall–Kier alpha value is -3.68. The number of nitrogens with zero attached hydrogens (tertiary/aromatic N) is 4. The van der Waals surface area contributed by atoms with Crippen LogP contribution in [0.1, 0.15) is 25.0 Å². The third-order valence-corrected chi connectivity index (χ3v) is 4.32. The van der Waals surface area contributed by atoms with Crippen LogP contribution >= 0.6 is 0 Å². The zero-order chi connectivity index (χ0) is 20.2. The molecule has 0 atom stereocenters. The zero-order valence-electron chi connectivity index (χ0n) is 16.6. The molecule has 0 saturated carbocycles. The van der Waals surface area contributed by atoms with E-state index in [0.29, 0.717) is 36.3 Å². The topological polar surface area (TPSA) is 97.3 Å². The Balaban J connectivity index is 1.53. The van der Waals surface area contributed by atoms with Gasteiger partial charge in [0.15, 0.2) is 17.1 Å². The van der Waals surface area contributed by atoms with Gasteiger partial charge in [-0.15, -0.1) is 10.2 Å². The molecule has 0 aliphatic rings. The average molecular weight is 390 g/mol. The molecule has 0 aliphatic carbocycles. The van der Waals surface area contributed by atoms with Crippen molar-refractivity contribution in [1.29, 1.82) is 0 Å². The van der Waals surface area contributed by atoms with E-state index >= 15 is 0 Å². The molecule has 0 aliphatic heterocycles. The van der Waals surface area contributed by atoms with Crippen LogP contribution in [0.15, 0.2) is 41.5 Å². The SMILES string of the molecule is CCOc1ccc(/C=N/Nc2nnc3c(n2)[nH]c2ccc(C)cc23)cc1OCC. The van der Waals surface area contributed by atoms with E-state index in [2.05, 4.69) is 36.8 Å². The van der Waals surface area contributed by atoms with Crippen molar-refractivity contribution in [1.82, 2.24) is 20.2 Å². The molecule has 8 heteroatoms. The molecule has 29 heavy (non-hydrogen) atoms. The van der Waals surface area contributed by atoms with Crippen molar-refractivity contribution in [3.63, 3.8) is 0 Å². The minimum atomic E-state index is 0.313. The van der Waals surface area contributed by atoms with Crippen molar-refractivity contribution in [2.75, 3.05) is 18.6 Å². The van der Waals surface area contributed by atoms with Crippen LogP contribution in [0.25, 0.3) is 22.1 Å². The number of hydrogen-bond donors (Lipinski definition) is 2. The minimum Gasteiger partial charge on any atom is -0.490 e. The number of rotatable bonds is 7. The maximum atomic E-state index is 5.63. The lowest BCUT2D eigenvalue weighted by Crippen LogP contribution is -2.00. The number of H-pyrrole nitrogens is 1. The van der Waals surface area contributed by atoms with Crippen molar-refractivity contribution in [3.8, 4) is 11.5 Å². The second-order valence-corrected chi connectivity index (χ2v) is 6.45. The van der Waals surface area contributed by atoms with E-state index in [1.54, 1.807) is 6.21 Å². The molecule has 148 valence electrons. The largest absolute Gasteiger partial charge is 0.490 e. The van der Waals surface area contributed by atoms with Crippen LogP contribution in [0, 0.1) is 6.92 Å². The molecular weight excluding hydrogens is 368 g/mol. The lowest BCUT2D eigenvalue weighted by molar-refractivity contribution is 0.288. The minimum absolute atomic E-state index is 0.313.